The molecule has 2 heterocycles. The third-order valence-corrected chi connectivity index (χ3v) is 4.15. The topological polar surface area (TPSA) is 96.5 Å². The fourth-order valence-corrected chi connectivity index (χ4v) is 2.75. The quantitative estimate of drug-likeness (QED) is 0.315. The number of nitrogens with zero attached hydrogens (tertiary/aromatic N) is 3. The van der Waals surface area contributed by atoms with Crippen LogP contribution in [0.2, 0.25) is 0 Å². The zero-order valence-electron chi connectivity index (χ0n) is 15.6. The zero-order valence-corrected chi connectivity index (χ0v) is 18.0. The van der Waals surface area contributed by atoms with Crippen molar-refractivity contribution in [2.45, 2.75) is 32.0 Å². The second-order valence-electron chi connectivity index (χ2n) is 6.32. The summed E-state index contributed by atoms with van der Waals surface area (Å²) in [4.78, 5) is 8.47. The first-order valence-electron chi connectivity index (χ1n) is 8.86. The summed E-state index contributed by atoms with van der Waals surface area (Å²) < 4.78 is 11.2. The molecule has 1 aliphatic rings. The molecule has 0 aliphatic carbocycles. The van der Waals surface area contributed by atoms with E-state index in [-0.39, 0.29) is 36.1 Å². The summed E-state index contributed by atoms with van der Waals surface area (Å²) in [5.74, 6) is 1.50. The summed E-state index contributed by atoms with van der Waals surface area (Å²) in [5, 5.41) is 13.5. The van der Waals surface area contributed by atoms with Crippen molar-refractivity contribution in [3.8, 4) is 11.4 Å². The fourth-order valence-electron chi connectivity index (χ4n) is 2.75. The number of halogens is 1. The monoisotopic (exact) mass is 486 g/mol. The number of ether oxygens (including phenoxy) is 2. The summed E-state index contributed by atoms with van der Waals surface area (Å²) in [5.41, 5.74) is 2.14. The van der Waals surface area contributed by atoms with Gasteiger partial charge in [0.2, 0.25) is 0 Å². The molecule has 1 saturated heterocycles. The van der Waals surface area contributed by atoms with Crippen LogP contribution >= 0.6 is 24.0 Å². The molecule has 3 N–H and O–H groups in total. The van der Waals surface area contributed by atoms with Crippen LogP contribution in [0.4, 0.5) is 0 Å². The first-order valence-corrected chi connectivity index (χ1v) is 8.86. The summed E-state index contributed by atoms with van der Waals surface area (Å²) in [7, 11) is 1.76. The van der Waals surface area contributed by atoms with Gasteiger partial charge in [-0.1, -0.05) is 18.2 Å². The highest BCUT2D eigenvalue weighted by atomic mass is 127. The number of H-pyrrole nitrogens is 1. The van der Waals surface area contributed by atoms with Gasteiger partial charge in [-0.15, -0.1) is 24.0 Å². The van der Waals surface area contributed by atoms with Crippen LogP contribution in [0.15, 0.2) is 35.6 Å². The third-order valence-electron chi connectivity index (χ3n) is 4.15. The van der Waals surface area contributed by atoms with E-state index in [9.17, 15) is 0 Å². The van der Waals surface area contributed by atoms with Gasteiger partial charge in [0, 0.05) is 31.8 Å². The van der Waals surface area contributed by atoms with Gasteiger partial charge in [0.1, 0.15) is 6.33 Å². The predicted octanol–water partition coefficient (Wildman–Crippen LogP) is 1.95. The number of benzene rings is 1. The lowest BCUT2D eigenvalue weighted by molar-refractivity contribution is 0.0347. The molecule has 27 heavy (non-hydrogen) atoms. The van der Waals surface area contributed by atoms with Crippen molar-refractivity contribution in [1.82, 2.24) is 25.8 Å². The molecular formula is C18H27IN6O2. The highest BCUT2D eigenvalue weighted by molar-refractivity contribution is 14.0. The van der Waals surface area contributed by atoms with Crippen LogP contribution in [0.1, 0.15) is 18.9 Å². The number of aromatic amines is 1. The van der Waals surface area contributed by atoms with E-state index in [0.29, 0.717) is 19.8 Å². The highest BCUT2D eigenvalue weighted by Gasteiger charge is 2.17. The van der Waals surface area contributed by atoms with E-state index in [4.69, 9.17) is 9.47 Å². The van der Waals surface area contributed by atoms with Crippen LogP contribution in [0.5, 0.6) is 0 Å². The molecule has 0 saturated carbocycles. The molecule has 0 amide bonds. The molecule has 0 bridgehead atoms. The second-order valence-corrected chi connectivity index (χ2v) is 6.32. The minimum absolute atomic E-state index is 0. The van der Waals surface area contributed by atoms with Crippen LogP contribution in [0, 0.1) is 0 Å². The molecule has 1 aliphatic heterocycles. The maximum Gasteiger partial charge on any atom is 0.191 e. The van der Waals surface area contributed by atoms with Gasteiger partial charge in [0.15, 0.2) is 11.8 Å². The van der Waals surface area contributed by atoms with Gasteiger partial charge in [-0.25, -0.2) is 4.98 Å². The van der Waals surface area contributed by atoms with Crippen LogP contribution < -0.4 is 10.6 Å². The van der Waals surface area contributed by atoms with E-state index >= 15 is 0 Å². The van der Waals surface area contributed by atoms with Gasteiger partial charge in [-0.2, -0.15) is 5.10 Å². The average Bonchev–Trinajstić information content (AvgIpc) is 3.37. The van der Waals surface area contributed by atoms with Crippen LogP contribution in [-0.2, 0) is 16.0 Å². The summed E-state index contributed by atoms with van der Waals surface area (Å²) in [6, 6.07) is 8.30. The average molecular weight is 486 g/mol. The molecule has 3 rings (SSSR count). The van der Waals surface area contributed by atoms with Gasteiger partial charge in [-0.3, -0.25) is 10.1 Å². The van der Waals surface area contributed by atoms with Crippen molar-refractivity contribution < 1.29 is 9.47 Å². The van der Waals surface area contributed by atoms with Crippen molar-refractivity contribution in [3.63, 3.8) is 0 Å². The molecule has 0 spiro atoms. The Kier molecular flexibility index (Phi) is 8.95. The molecule has 1 aromatic heterocycles. The second kappa shape index (κ2) is 11.2. The molecule has 2 unspecified atom stereocenters. The fraction of sp³-hybridized carbons (Fsp3) is 0.500. The molecular weight excluding hydrogens is 459 g/mol. The Morgan fingerprint density at radius 1 is 1.48 bits per heavy atom. The lowest BCUT2D eigenvalue weighted by Gasteiger charge is -2.19. The Morgan fingerprint density at radius 2 is 2.37 bits per heavy atom. The van der Waals surface area contributed by atoms with Crippen molar-refractivity contribution >= 4 is 29.9 Å². The van der Waals surface area contributed by atoms with Crippen molar-refractivity contribution in [3.05, 3.63) is 36.2 Å². The zero-order chi connectivity index (χ0) is 18.2. The minimum Gasteiger partial charge on any atom is -0.379 e. The summed E-state index contributed by atoms with van der Waals surface area (Å²) in [6.45, 7) is 4.85. The summed E-state index contributed by atoms with van der Waals surface area (Å²) >= 11 is 0. The van der Waals surface area contributed by atoms with Crippen molar-refractivity contribution in [2.24, 2.45) is 4.99 Å². The van der Waals surface area contributed by atoms with Crippen LogP contribution in [0.3, 0.4) is 0 Å². The van der Waals surface area contributed by atoms with Gasteiger partial charge in [-0.05, 0) is 25.0 Å². The Hall–Kier alpha value is -1.72. The van der Waals surface area contributed by atoms with E-state index in [1.165, 1.54) is 6.33 Å². The number of aliphatic imine (C=N–C) groups is 1. The lowest BCUT2D eigenvalue weighted by Crippen LogP contribution is -2.44. The van der Waals surface area contributed by atoms with E-state index in [1.807, 2.05) is 12.1 Å². The normalized spacial score (nSPS) is 18.0. The maximum absolute atomic E-state index is 5.84. The number of rotatable bonds is 7. The predicted molar refractivity (Wildman–Crippen MR) is 115 cm³/mol. The van der Waals surface area contributed by atoms with Crippen LogP contribution in [-0.4, -0.2) is 60.2 Å². The molecule has 8 nitrogen and oxygen atoms in total. The molecule has 1 aromatic carbocycles. The Morgan fingerprint density at radius 3 is 3.07 bits per heavy atom. The number of hydrogen-bond donors (Lipinski definition) is 3. The maximum atomic E-state index is 5.84. The summed E-state index contributed by atoms with van der Waals surface area (Å²) in [6.07, 6.45) is 2.70. The van der Waals surface area contributed by atoms with Crippen molar-refractivity contribution in [1.29, 1.82) is 0 Å². The highest BCUT2D eigenvalue weighted by Crippen LogP contribution is 2.15. The number of hydrogen-bond acceptors (Lipinski definition) is 5. The molecule has 2 atom stereocenters. The van der Waals surface area contributed by atoms with Crippen molar-refractivity contribution in [2.75, 3.05) is 26.9 Å². The standard InChI is InChI=1S/C18H26N6O2.HI/c1-13(10-26-16-6-7-25-11-16)23-18(19-2)20-9-14-4-3-5-15(8-14)17-21-12-22-24-17;/h3-5,8,12-13,16H,6-7,9-11H2,1-2H3,(H2,19,20,23)(H,21,22,24);1H. The SMILES string of the molecule is CN=C(NCc1cccc(-c2ncn[nH]2)c1)NC(C)COC1CCOC1.I. The van der Waals surface area contributed by atoms with E-state index < -0.39 is 0 Å². The van der Waals surface area contributed by atoms with E-state index in [1.54, 1.807) is 7.05 Å². The number of guanidine groups is 1. The Labute approximate surface area is 176 Å². The van der Waals surface area contributed by atoms with Gasteiger partial charge >= 0.3 is 0 Å². The first kappa shape index (κ1) is 21.6. The molecule has 148 valence electrons. The van der Waals surface area contributed by atoms with Gasteiger partial charge in [0.05, 0.1) is 19.3 Å². The molecule has 0 radical (unpaired) electrons. The van der Waals surface area contributed by atoms with Crippen LogP contribution in [0.25, 0.3) is 11.4 Å². The first-order chi connectivity index (χ1) is 12.7. The Balaban J connectivity index is 0.00000261. The smallest absolute Gasteiger partial charge is 0.191 e. The lowest BCUT2D eigenvalue weighted by atomic mass is 10.1. The Bertz CT molecular complexity index is 704. The third kappa shape index (κ3) is 6.74. The van der Waals surface area contributed by atoms with Gasteiger partial charge in [0.25, 0.3) is 0 Å². The number of aromatic nitrogens is 3. The number of nitrogens with one attached hydrogen (secondary N) is 3. The molecule has 2 aromatic rings. The van der Waals surface area contributed by atoms with Gasteiger partial charge < -0.3 is 20.1 Å². The van der Waals surface area contributed by atoms with E-state index in [2.05, 4.69) is 49.9 Å². The van der Waals surface area contributed by atoms with E-state index in [0.717, 1.165) is 35.9 Å². The minimum atomic E-state index is 0. The molecule has 9 heteroatoms. The molecule has 1 fully saturated rings. The largest absolute Gasteiger partial charge is 0.379 e.